The van der Waals surface area contributed by atoms with E-state index < -0.39 is 0 Å². The zero-order valence-electron chi connectivity index (χ0n) is 16.3. The average molecular weight is 387 g/mol. The number of hydrogen-bond acceptors (Lipinski definition) is 5. The second-order valence-corrected chi connectivity index (χ2v) is 6.90. The minimum absolute atomic E-state index is 0.187. The normalized spacial score (nSPS) is 10.8. The fourth-order valence-corrected chi connectivity index (χ4v) is 3.11. The van der Waals surface area contributed by atoms with E-state index in [-0.39, 0.29) is 11.7 Å². The van der Waals surface area contributed by atoms with E-state index >= 15 is 0 Å². The summed E-state index contributed by atoms with van der Waals surface area (Å²) in [7, 11) is 1.83. The number of amides is 1. The molecular formula is C22H21N5O2. The first-order valence-corrected chi connectivity index (χ1v) is 9.30. The van der Waals surface area contributed by atoms with Gasteiger partial charge in [-0.1, -0.05) is 41.6 Å². The molecule has 1 aromatic carbocycles. The third-order valence-electron chi connectivity index (χ3n) is 4.52. The smallest absolute Gasteiger partial charge is 0.293 e. The van der Waals surface area contributed by atoms with Gasteiger partial charge in [-0.3, -0.25) is 14.5 Å². The van der Waals surface area contributed by atoms with Crippen LogP contribution in [0.1, 0.15) is 27.5 Å². The number of aromatic nitrogens is 4. The van der Waals surface area contributed by atoms with Gasteiger partial charge in [0.2, 0.25) is 5.76 Å². The van der Waals surface area contributed by atoms with Crippen LogP contribution in [0.25, 0.3) is 11.3 Å². The molecular weight excluding hydrogens is 366 g/mol. The summed E-state index contributed by atoms with van der Waals surface area (Å²) in [4.78, 5) is 19.5. The summed E-state index contributed by atoms with van der Waals surface area (Å²) in [6.07, 6.45) is 3.51. The maximum absolute atomic E-state index is 13.2. The van der Waals surface area contributed by atoms with E-state index in [1.54, 1.807) is 21.8 Å². The molecule has 146 valence electrons. The van der Waals surface area contributed by atoms with E-state index in [0.717, 1.165) is 22.5 Å². The Morgan fingerprint density at radius 2 is 1.93 bits per heavy atom. The quantitative estimate of drug-likeness (QED) is 0.505. The zero-order chi connectivity index (χ0) is 20.2. The fourth-order valence-electron chi connectivity index (χ4n) is 3.11. The highest BCUT2D eigenvalue weighted by atomic mass is 16.5. The van der Waals surface area contributed by atoms with E-state index in [9.17, 15) is 4.79 Å². The van der Waals surface area contributed by atoms with Crippen molar-refractivity contribution < 1.29 is 9.32 Å². The number of carbonyl (C=O) groups excluding carboxylic acids is 1. The van der Waals surface area contributed by atoms with Crippen LogP contribution < -0.4 is 0 Å². The van der Waals surface area contributed by atoms with Crippen molar-refractivity contribution in [2.45, 2.75) is 20.0 Å². The summed E-state index contributed by atoms with van der Waals surface area (Å²) >= 11 is 0. The van der Waals surface area contributed by atoms with Gasteiger partial charge in [0.1, 0.15) is 5.69 Å². The van der Waals surface area contributed by atoms with Gasteiger partial charge in [0.25, 0.3) is 5.91 Å². The molecule has 0 saturated heterocycles. The monoisotopic (exact) mass is 387 g/mol. The van der Waals surface area contributed by atoms with Crippen LogP contribution in [0, 0.1) is 6.92 Å². The first-order chi connectivity index (χ1) is 14.1. The molecule has 0 atom stereocenters. The lowest BCUT2D eigenvalue weighted by Crippen LogP contribution is -2.30. The number of pyridine rings is 1. The number of aryl methyl sites for hydroxylation is 2. The van der Waals surface area contributed by atoms with Gasteiger partial charge in [-0.05, 0) is 24.6 Å². The van der Waals surface area contributed by atoms with Crippen molar-refractivity contribution in [3.63, 3.8) is 0 Å². The molecule has 0 aliphatic heterocycles. The predicted octanol–water partition coefficient (Wildman–Crippen LogP) is 3.62. The molecule has 0 aliphatic carbocycles. The van der Waals surface area contributed by atoms with Gasteiger partial charge < -0.3 is 9.42 Å². The second kappa shape index (κ2) is 8.10. The zero-order valence-corrected chi connectivity index (χ0v) is 16.3. The van der Waals surface area contributed by atoms with Gasteiger partial charge in [-0.25, -0.2) is 0 Å². The van der Waals surface area contributed by atoms with Crippen molar-refractivity contribution >= 4 is 5.91 Å². The van der Waals surface area contributed by atoms with Crippen molar-refractivity contribution in [3.05, 3.63) is 89.7 Å². The summed E-state index contributed by atoms with van der Waals surface area (Å²) in [6.45, 7) is 2.75. The minimum Gasteiger partial charge on any atom is -0.350 e. The summed E-state index contributed by atoms with van der Waals surface area (Å²) in [5, 5.41) is 8.17. The van der Waals surface area contributed by atoms with Crippen LogP contribution in [0.2, 0.25) is 0 Å². The molecule has 0 radical (unpaired) electrons. The molecule has 3 aromatic heterocycles. The lowest BCUT2D eigenvalue weighted by Gasteiger charge is -2.21. The summed E-state index contributed by atoms with van der Waals surface area (Å²) < 4.78 is 7.05. The Bertz CT molecular complexity index is 1120. The van der Waals surface area contributed by atoms with Crippen LogP contribution in [0.3, 0.4) is 0 Å². The molecule has 4 aromatic rings. The second-order valence-electron chi connectivity index (χ2n) is 6.90. The van der Waals surface area contributed by atoms with Crippen LogP contribution in [0.15, 0.2) is 71.5 Å². The van der Waals surface area contributed by atoms with Crippen LogP contribution in [0.5, 0.6) is 0 Å². The number of nitrogens with zero attached hydrogens (tertiary/aromatic N) is 5. The van der Waals surface area contributed by atoms with Crippen LogP contribution in [-0.4, -0.2) is 30.7 Å². The van der Waals surface area contributed by atoms with Crippen molar-refractivity contribution in [2.24, 2.45) is 7.05 Å². The van der Waals surface area contributed by atoms with Crippen LogP contribution in [0.4, 0.5) is 0 Å². The Morgan fingerprint density at radius 1 is 1.10 bits per heavy atom. The first kappa shape index (κ1) is 18.6. The topological polar surface area (TPSA) is 77.0 Å². The van der Waals surface area contributed by atoms with E-state index in [0.29, 0.717) is 18.8 Å². The Hall–Kier alpha value is -3.74. The Kier molecular flexibility index (Phi) is 5.20. The Morgan fingerprint density at radius 3 is 2.66 bits per heavy atom. The summed E-state index contributed by atoms with van der Waals surface area (Å²) in [5.41, 5.74) is 4.13. The number of rotatable bonds is 6. The molecule has 0 fully saturated rings. The maximum Gasteiger partial charge on any atom is 0.293 e. The van der Waals surface area contributed by atoms with Gasteiger partial charge in [-0.2, -0.15) is 5.10 Å². The molecule has 4 rings (SSSR count). The summed E-state index contributed by atoms with van der Waals surface area (Å²) in [5.74, 6) is -0.0489. The molecule has 0 unspecified atom stereocenters. The third-order valence-corrected chi connectivity index (χ3v) is 4.52. The lowest BCUT2D eigenvalue weighted by molar-refractivity contribution is 0.0685. The van der Waals surface area contributed by atoms with Crippen LogP contribution in [-0.2, 0) is 20.1 Å². The molecule has 0 aliphatic rings. The minimum atomic E-state index is -0.236. The van der Waals surface area contributed by atoms with Crippen molar-refractivity contribution in [3.8, 4) is 11.3 Å². The standard InChI is InChI=1S/C22H21N5O2/c1-16-7-6-10-19(24-16)15-27(13-17-8-4-3-5-9-17)22(28)21-11-20(25-29-21)18-12-23-26(2)14-18/h3-12,14H,13,15H2,1-2H3. The molecule has 0 N–H and O–H groups in total. The first-order valence-electron chi connectivity index (χ1n) is 9.30. The highest BCUT2D eigenvalue weighted by Gasteiger charge is 2.22. The van der Waals surface area contributed by atoms with Crippen molar-refractivity contribution in [2.75, 3.05) is 0 Å². The van der Waals surface area contributed by atoms with Gasteiger partial charge in [0.05, 0.1) is 18.4 Å². The summed E-state index contributed by atoms with van der Waals surface area (Å²) in [6, 6.07) is 17.3. The molecule has 0 spiro atoms. The number of benzene rings is 1. The molecule has 3 heterocycles. The molecule has 1 amide bonds. The molecule has 0 saturated carbocycles. The SMILES string of the molecule is Cc1cccc(CN(Cc2ccccc2)C(=O)c2cc(-c3cnn(C)c3)no2)n1. The molecule has 29 heavy (non-hydrogen) atoms. The van der Waals surface area contributed by atoms with E-state index in [1.807, 2.05) is 68.7 Å². The molecule has 0 bridgehead atoms. The van der Waals surface area contributed by atoms with Gasteiger partial charge >= 0.3 is 0 Å². The Labute approximate surface area is 168 Å². The highest BCUT2D eigenvalue weighted by Crippen LogP contribution is 2.20. The van der Waals surface area contributed by atoms with E-state index in [1.165, 1.54) is 0 Å². The van der Waals surface area contributed by atoms with E-state index in [4.69, 9.17) is 4.52 Å². The van der Waals surface area contributed by atoms with Gasteiger partial charge in [0.15, 0.2) is 0 Å². The van der Waals surface area contributed by atoms with Gasteiger partial charge in [-0.15, -0.1) is 0 Å². The number of hydrogen-bond donors (Lipinski definition) is 0. The third kappa shape index (κ3) is 4.40. The fraction of sp³-hybridized carbons (Fsp3) is 0.182. The molecule has 7 nitrogen and oxygen atoms in total. The van der Waals surface area contributed by atoms with E-state index in [2.05, 4.69) is 15.2 Å². The highest BCUT2D eigenvalue weighted by molar-refractivity contribution is 5.92. The number of carbonyl (C=O) groups is 1. The van der Waals surface area contributed by atoms with Crippen molar-refractivity contribution in [1.82, 2.24) is 24.8 Å². The Balaban J connectivity index is 1.61. The maximum atomic E-state index is 13.2. The van der Waals surface area contributed by atoms with Crippen LogP contribution >= 0.6 is 0 Å². The molecule has 7 heteroatoms. The van der Waals surface area contributed by atoms with Crippen molar-refractivity contribution in [1.29, 1.82) is 0 Å². The lowest BCUT2D eigenvalue weighted by atomic mass is 10.2. The largest absolute Gasteiger partial charge is 0.350 e. The predicted molar refractivity (Wildman–Crippen MR) is 108 cm³/mol. The van der Waals surface area contributed by atoms with Gasteiger partial charge in [0, 0.05) is 37.1 Å². The average Bonchev–Trinajstić information content (AvgIpc) is 3.37.